The largest absolute Gasteiger partial charge is 0.466 e. The van der Waals surface area contributed by atoms with Crippen molar-refractivity contribution in [3.63, 3.8) is 0 Å². The van der Waals surface area contributed by atoms with E-state index >= 15 is 0 Å². The Morgan fingerprint density at radius 1 is 1.18 bits per heavy atom. The van der Waals surface area contributed by atoms with Gasteiger partial charge in [-0.1, -0.05) is 13.3 Å². The molecule has 1 atom stereocenters. The molecule has 6 nitrogen and oxygen atoms in total. The molecule has 0 aliphatic heterocycles. The normalized spacial score (nSPS) is 12.4. The van der Waals surface area contributed by atoms with Gasteiger partial charge in [0.15, 0.2) is 0 Å². The van der Waals surface area contributed by atoms with Gasteiger partial charge in [0.2, 0.25) is 0 Å². The Hall–Kier alpha value is -1.59. The van der Waals surface area contributed by atoms with Crippen molar-refractivity contribution < 1.29 is 23.9 Å². The zero-order valence-electron chi connectivity index (χ0n) is 14.4. The highest BCUT2D eigenvalue weighted by Gasteiger charge is 2.22. The molecule has 128 valence electrons. The van der Waals surface area contributed by atoms with E-state index < -0.39 is 17.7 Å². The molecule has 1 N–H and O–H groups in total. The van der Waals surface area contributed by atoms with Crippen molar-refractivity contribution in [1.29, 1.82) is 0 Å². The summed E-state index contributed by atoms with van der Waals surface area (Å²) >= 11 is 0. The fourth-order valence-corrected chi connectivity index (χ4v) is 1.67. The summed E-state index contributed by atoms with van der Waals surface area (Å²) in [4.78, 5) is 34.6. The number of alkyl carbamates (subject to hydrolysis) is 1. The molecule has 0 fully saturated rings. The third kappa shape index (κ3) is 12.2. The van der Waals surface area contributed by atoms with Crippen LogP contribution in [0, 0.1) is 0 Å². The van der Waals surface area contributed by atoms with Crippen LogP contribution in [0.4, 0.5) is 4.79 Å². The number of nitrogens with one attached hydrogen (secondary N) is 1. The van der Waals surface area contributed by atoms with Gasteiger partial charge >= 0.3 is 12.1 Å². The van der Waals surface area contributed by atoms with Crippen LogP contribution in [0.25, 0.3) is 0 Å². The molecule has 0 heterocycles. The van der Waals surface area contributed by atoms with Crippen molar-refractivity contribution in [3.8, 4) is 0 Å². The number of ketones is 1. The van der Waals surface area contributed by atoms with Crippen molar-refractivity contribution in [3.05, 3.63) is 0 Å². The highest BCUT2D eigenvalue weighted by Crippen LogP contribution is 2.10. The second kappa shape index (κ2) is 10.2. The number of carbonyl (C=O) groups is 3. The van der Waals surface area contributed by atoms with Crippen molar-refractivity contribution in [2.75, 3.05) is 6.61 Å². The zero-order chi connectivity index (χ0) is 17.2. The standard InChI is InChI=1S/C16H29NO5/c1-6-7-10-21-14(19)11-13(9-8-12(2)18)17-15(20)22-16(3,4)5/h13H,6-11H2,1-5H3,(H,17,20)/t13-/m1/s1. The number of unbranched alkanes of at least 4 members (excludes halogenated alkanes) is 1. The van der Waals surface area contributed by atoms with Crippen molar-refractivity contribution >= 4 is 17.8 Å². The molecule has 0 aromatic carbocycles. The minimum atomic E-state index is -0.614. The summed E-state index contributed by atoms with van der Waals surface area (Å²) in [5, 5.41) is 2.64. The van der Waals surface area contributed by atoms with Crippen molar-refractivity contribution in [2.45, 2.75) is 78.4 Å². The van der Waals surface area contributed by atoms with Gasteiger partial charge in [0.1, 0.15) is 11.4 Å². The first kappa shape index (κ1) is 20.4. The van der Waals surface area contributed by atoms with Gasteiger partial charge in [-0.05, 0) is 40.5 Å². The molecule has 6 heteroatoms. The third-order valence-electron chi connectivity index (χ3n) is 2.74. The first-order chi connectivity index (χ1) is 10.1. The van der Waals surface area contributed by atoms with Crippen LogP contribution in [0.5, 0.6) is 0 Å². The highest BCUT2D eigenvalue weighted by atomic mass is 16.6. The first-order valence-electron chi connectivity index (χ1n) is 7.78. The van der Waals surface area contributed by atoms with E-state index in [4.69, 9.17) is 9.47 Å². The maximum absolute atomic E-state index is 11.8. The first-order valence-corrected chi connectivity index (χ1v) is 7.78. The summed E-state index contributed by atoms with van der Waals surface area (Å²) in [7, 11) is 0. The Balaban J connectivity index is 4.45. The summed E-state index contributed by atoms with van der Waals surface area (Å²) in [6.45, 7) is 9.14. The molecule has 0 radical (unpaired) electrons. The lowest BCUT2D eigenvalue weighted by Crippen LogP contribution is -2.40. The Bertz CT molecular complexity index is 373. The predicted octanol–water partition coefficient (Wildman–Crippen LogP) is 2.98. The molecular formula is C16H29NO5. The molecule has 0 saturated carbocycles. The van der Waals surface area contributed by atoms with Crippen LogP contribution in [0.15, 0.2) is 0 Å². The van der Waals surface area contributed by atoms with Gasteiger partial charge in [-0.2, -0.15) is 0 Å². The van der Waals surface area contributed by atoms with E-state index in [1.54, 1.807) is 20.8 Å². The van der Waals surface area contributed by atoms with E-state index in [1.165, 1.54) is 6.92 Å². The van der Waals surface area contributed by atoms with E-state index in [2.05, 4.69) is 5.32 Å². The zero-order valence-corrected chi connectivity index (χ0v) is 14.4. The van der Waals surface area contributed by atoms with E-state index in [-0.39, 0.29) is 18.2 Å². The quantitative estimate of drug-likeness (QED) is 0.522. The summed E-state index contributed by atoms with van der Waals surface area (Å²) in [5.74, 6) is -0.367. The van der Waals surface area contributed by atoms with Gasteiger partial charge < -0.3 is 19.6 Å². The van der Waals surface area contributed by atoms with Crippen molar-refractivity contribution in [2.24, 2.45) is 0 Å². The van der Waals surface area contributed by atoms with Crippen molar-refractivity contribution in [1.82, 2.24) is 5.32 Å². The maximum Gasteiger partial charge on any atom is 0.407 e. The predicted molar refractivity (Wildman–Crippen MR) is 83.6 cm³/mol. The second-order valence-electron chi connectivity index (χ2n) is 6.36. The van der Waals surface area contributed by atoms with Crippen LogP contribution in [0.3, 0.4) is 0 Å². The Kier molecular flexibility index (Phi) is 9.45. The van der Waals surface area contributed by atoms with Crippen LogP contribution in [-0.2, 0) is 19.1 Å². The third-order valence-corrected chi connectivity index (χ3v) is 2.74. The molecule has 0 spiro atoms. The lowest BCUT2D eigenvalue weighted by molar-refractivity contribution is -0.144. The molecule has 0 aliphatic carbocycles. The van der Waals surface area contributed by atoms with E-state index in [9.17, 15) is 14.4 Å². The fraction of sp³-hybridized carbons (Fsp3) is 0.812. The van der Waals surface area contributed by atoms with E-state index in [0.29, 0.717) is 19.4 Å². The highest BCUT2D eigenvalue weighted by molar-refractivity contribution is 5.76. The molecule has 0 aromatic rings. The lowest BCUT2D eigenvalue weighted by atomic mass is 10.1. The number of carbonyl (C=O) groups excluding carboxylic acids is 3. The van der Waals surface area contributed by atoms with E-state index in [1.807, 2.05) is 6.92 Å². The van der Waals surface area contributed by atoms with Crippen LogP contribution in [0.1, 0.15) is 66.7 Å². The molecule has 22 heavy (non-hydrogen) atoms. The molecule has 0 rings (SSSR count). The number of esters is 1. The van der Waals surface area contributed by atoms with Gasteiger partial charge in [0.05, 0.1) is 13.0 Å². The minimum absolute atomic E-state index is 0.00957. The summed E-state index contributed by atoms with van der Waals surface area (Å²) in [6.07, 6.45) is 1.87. The summed E-state index contributed by atoms with van der Waals surface area (Å²) in [5.41, 5.74) is -0.614. The Morgan fingerprint density at radius 2 is 1.82 bits per heavy atom. The SMILES string of the molecule is CCCCOC(=O)C[C@@H](CCC(C)=O)NC(=O)OC(C)(C)C. The Morgan fingerprint density at radius 3 is 2.32 bits per heavy atom. The number of Topliss-reactive ketones (excluding diaryl/α,β-unsaturated/α-hetero) is 1. The Labute approximate surface area is 132 Å². The molecule has 0 bridgehead atoms. The van der Waals surface area contributed by atoms with Gasteiger partial charge in [-0.15, -0.1) is 0 Å². The number of amides is 1. The van der Waals surface area contributed by atoms with Gasteiger partial charge in [0, 0.05) is 12.5 Å². The molecular weight excluding hydrogens is 286 g/mol. The van der Waals surface area contributed by atoms with E-state index in [0.717, 1.165) is 12.8 Å². The van der Waals surface area contributed by atoms with Gasteiger partial charge in [0.25, 0.3) is 0 Å². The topological polar surface area (TPSA) is 81.7 Å². The average molecular weight is 315 g/mol. The number of rotatable bonds is 9. The molecule has 0 aromatic heterocycles. The monoisotopic (exact) mass is 315 g/mol. The smallest absolute Gasteiger partial charge is 0.407 e. The lowest BCUT2D eigenvalue weighted by Gasteiger charge is -2.23. The summed E-state index contributed by atoms with van der Waals surface area (Å²) < 4.78 is 10.3. The van der Waals surface area contributed by atoms with Gasteiger partial charge in [-0.3, -0.25) is 4.79 Å². The van der Waals surface area contributed by atoms with Crippen LogP contribution in [0.2, 0.25) is 0 Å². The van der Waals surface area contributed by atoms with Crippen LogP contribution < -0.4 is 5.32 Å². The van der Waals surface area contributed by atoms with Gasteiger partial charge in [-0.25, -0.2) is 4.79 Å². The fourth-order valence-electron chi connectivity index (χ4n) is 1.67. The number of hydrogen-bond acceptors (Lipinski definition) is 5. The number of hydrogen-bond donors (Lipinski definition) is 1. The molecule has 0 aliphatic rings. The van der Waals surface area contributed by atoms with Crippen LogP contribution in [-0.4, -0.2) is 36.1 Å². The number of ether oxygens (including phenoxy) is 2. The second-order valence-corrected chi connectivity index (χ2v) is 6.36. The minimum Gasteiger partial charge on any atom is -0.466 e. The maximum atomic E-state index is 11.8. The molecule has 1 amide bonds. The summed E-state index contributed by atoms with van der Waals surface area (Å²) in [6, 6.07) is -0.465. The molecule has 0 unspecified atom stereocenters. The average Bonchev–Trinajstić information content (AvgIpc) is 2.33. The molecule has 0 saturated heterocycles. The van der Waals surface area contributed by atoms with Crippen LogP contribution >= 0.6 is 0 Å².